The Morgan fingerprint density at radius 3 is 2.55 bits per heavy atom. The molecule has 0 spiro atoms. The molecule has 0 atom stereocenters. The van der Waals surface area contributed by atoms with Crippen molar-refractivity contribution in [3.8, 4) is 16.9 Å². The van der Waals surface area contributed by atoms with Crippen molar-refractivity contribution >= 4 is 17.6 Å². The fourth-order valence-electron chi connectivity index (χ4n) is 1.97. The Bertz CT molecular complexity index is 663. The zero-order valence-electron chi connectivity index (χ0n) is 10.7. The number of rotatable bonds is 4. The van der Waals surface area contributed by atoms with E-state index in [1.807, 2.05) is 18.2 Å². The SMILES string of the molecule is O=C(O)c1cccc(-c2ccc(OC3CC3)c(Cl)c2)c1. The summed E-state index contributed by atoms with van der Waals surface area (Å²) < 4.78 is 5.68. The largest absolute Gasteiger partial charge is 0.489 e. The lowest BCUT2D eigenvalue weighted by molar-refractivity contribution is 0.0697. The lowest BCUT2D eigenvalue weighted by Gasteiger charge is -2.09. The van der Waals surface area contributed by atoms with E-state index < -0.39 is 5.97 Å². The molecule has 0 heterocycles. The van der Waals surface area contributed by atoms with E-state index in [4.69, 9.17) is 21.4 Å². The van der Waals surface area contributed by atoms with Crippen molar-refractivity contribution in [1.29, 1.82) is 0 Å². The highest BCUT2D eigenvalue weighted by atomic mass is 35.5. The van der Waals surface area contributed by atoms with Crippen molar-refractivity contribution in [2.45, 2.75) is 18.9 Å². The smallest absolute Gasteiger partial charge is 0.335 e. The zero-order valence-corrected chi connectivity index (χ0v) is 11.4. The highest BCUT2D eigenvalue weighted by molar-refractivity contribution is 6.32. The molecular formula is C16H13ClO3. The Morgan fingerprint density at radius 2 is 1.90 bits per heavy atom. The quantitative estimate of drug-likeness (QED) is 0.915. The average molecular weight is 289 g/mol. The van der Waals surface area contributed by atoms with Crippen LogP contribution in [-0.4, -0.2) is 17.2 Å². The van der Waals surface area contributed by atoms with E-state index in [0.29, 0.717) is 16.9 Å². The normalized spacial score (nSPS) is 14.1. The molecule has 3 rings (SSSR count). The minimum Gasteiger partial charge on any atom is -0.489 e. The molecule has 102 valence electrons. The van der Waals surface area contributed by atoms with Gasteiger partial charge in [-0.25, -0.2) is 4.79 Å². The van der Waals surface area contributed by atoms with Crippen LogP contribution in [0.5, 0.6) is 5.75 Å². The van der Waals surface area contributed by atoms with Gasteiger partial charge in [-0.05, 0) is 48.2 Å². The van der Waals surface area contributed by atoms with E-state index >= 15 is 0 Å². The van der Waals surface area contributed by atoms with Gasteiger partial charge in [0.2, 0.25) is 0 Å². The predicted octanol–water partition coefficient (Wildman–Crippen LogP) is 4.25. The molecule has 0 bridgehead atoms. The molecule has 0 saturated heterocycles. The molecule has 1 saturated carbocycles. The minimum absolute atomic E-state index is 0.261. The van der Waals surface area contributed by atoms with Crippen LogP contribution < -0.4 is 4.74 Å². The van der Waals surface area contributed by atoms with Gasteiger partial charge in [0.25, 0.3) is 0 Å². The fraction of sp³-hybridized carbons (Fsp3) is 0.188. The Hall–Kier alpha value is -2.00. The van der Waals surface area contributed by atoms with Crippen molar-refractivity contribution in [3.63, 3.8) is 0 Å². The summed E-state index contributed by atoms with van der Waals surface area (Å²) >= 11 is 6.21. The lowest BCUT2D eigenvalue weighted by atomic mass is 10.0. The summed E-state index contributed by atoms with van der Waals surface area (Å²) in [7, 11) is 0. The maximum absolute atomic E-state index is 11.0. The van der Waals surface area contributed by atoms with Crippen molar-refractivity contribution < 1.29 is 14.6 Å². The van der Waals surface area contributed by atoms with Crippen LogP contribution in [0.15, 0.2) is 42.5 Å². The lowest BCUT2D eigenvalue weighted by Crippen LogP contribution is -1.97. The summed E-state index contributed by atoms with van der Waals surface area (Å²) in [5.41, 5.74) is 1.96. The number of benzene rings is 2. The molecule has 1 aliphatic carbocycles. The van der Waals surface area contributed by atoms with Gasteiger partial charge in [-0.15, -0.1) is 0 Å². The van der Waals surface area contributed by atoms with Gasteiger partial charge in [-0.3, -0.25) is 0 Å². The third kappa shape index (κ3) is 2.78. The van der Waals surface area contributed by atoms with Crippen LogP contribution >= 0.6 is 11.6 Å². The van der Waals surface area contributed by atoms with Crippen LogP contribution in [0.4, 0.5) is 0 Å². The number of carbonyl (C=O) groups is 1. The van der Waals surface area contributed by atoms with E-state index in [1.54, 1.807) is 24.3 Å². The van der Waals surface area contributed by atoms with E-state index in [-0.39, 0.29) is 5.56 Å². The summed E-state index contributed by atoms with van der Waals surface area (Å²) in [4.78, 5) is 11.0. The van der Waals surface area contributed by atoms with Crippen LogP contribution in [0.1, 0.15) is 23.2 Å². The highest BCUT2D eigenvalue weighted by Crippen LogP contribution is 2.34. The van der Waals surface area contributed by atoms with Gasteiger partial charge in [0.05, 0.1) is 16.7 Å². The molecular weight excluding hydrogens is 276 g/mol. The second-order valence-corrected chi connectivity index (χ2v) is 5.26. The van der Waals surface area contributed by atoms with Crippen LogP contribution in [0.2, 0.25) is 5.02 Å². The first-order valence-electron chi connectivity index (χ1n) is 6.43. The molecule has 0 amide bonds. The van der Waals surface area contributed by atoms with Gasteiger partial charge < -0.3 is 9.84 Å². The molecule has 4 heteroatoms. The van der Waals surface area contributed by atoms with Gasteiger partial charge in [-0.2, -0.15) is 0 Å². The maximum atomic E-state index is 11.0. The molecule has 3 nitrogen and oxygen atoms in total. The van der Waals surface area contributed by atoms with Gasteiger partial charge in [-0.1, -0.05) is 29.8 Å². The number of ether oxygens (including phenoxy) is 1. The van der Waals surface area contributed by atoms with Gasteiger partial charge in [0.15, 0.2) is 0 Å². The first-order valence-corrected chi connectivity index (χ1v) is 6.81. The van der Waals surface area contributed by atoms with E-state index in [9.17, 15) is 4.79 Å². The third-order valence-electron chi connectivity index (χ3n) is 3.19. The maximum Gasteiger partial charge on any atom is 0.335 e. The van der Waals surface area contributed by atoms with E-state index in [2.05, 4.69) is 0 Å². The first kappa shape index (κ1) is 13.0. The molecule has 0 aliphatic heterocycles. The van der Waals surface area contributed by atoms with Crippen LogP contribution in [-0.2, 0) is 0 Å². The van der Waals surface area contributed by atoms with Crippen molar-refractivity contribution in [2.75, 3.05) is 0 Å². The Balaban J connectivity index is 1.91. The van der Waals surface area contributed by atoms with E-state index in [1.165, 1.54) is 0 Å². The van der Waals surface area contributed by atoms with Crippen molar-refractivity contribution in [1.82, 2.24) is 0 Å². The average Bonchev–Trinajstić information content (AvgIpc) is 3.25. The Morgan fingerprint density at radius 1 is 1.15 bits per heavy atom. The predicted molar refractivity (Wildman–Crippen MR) is 77.5 cm³/mol. The second-order valence-electron chi connectivity index (χ2n) is 4.85. The first-order chi connectivity index (χ1) is 9.63. The standard InChI is InChI=1S/C16H13ClO3/c17-14-9-11(4-7-15(14)20-13-5-6-13)10-2-1-3-12(8-10)16(18)19/h1-4,7-9,13H,5-6H2,(H,18,19). The van der Waals surface area contributed by atoms with E-state index in [0.717, 1.165) is 24.0 Å². The molecule has 2 aromatic rings. The summed E-state index contributed by atoms with van der Waals surface area (Å²) in [6.45, 7) is 0. The molecule has 0 aromatic heterocycles. The molecule has 0 radical (unpaired) electrons. The molecule has 1 fully saturated rings. The van der Waals surface area contributed by atoms with Crippen LogP contribution in [0.25, 0.3) is 11.1 Å². The Labute approximate surface area is 121 Å². The topological polar surface area (TPSA) is 46.5 Å². The number of aromatic carboxylic acids is 1. The second kappa shape index (κ2) is 5.17. The number of halogens is 1. The zero-order chi connectivity index (χ0) is 14.1. The molecule has 0 unspecified atom stereocenters. The number of carboxylic acid groups (broad SMARTS) is 1. The monoisotopic (exact) mass is 288 g/mol. The number of hydrogen-bond donors (Lipinski definition) is 1. The Kier molecular flexibility index (Phi) is 3.36. The highest BCUT2D eigenvalue weighted by Gasteiger charge is 2.24. The molecule has 1 aliphatic rings. The van der Waals surface area contributed by atoms with Crippen LogP contribution in [0.3, 0.4) is 0 Å². The van der Waals surface area contributed by atoms with Gasteiger partial charge >= 0.3 is 5.97 Å². The summed E-state index contributed by atoms with van der Waals surface area (Å²) in [6.07, 6.45) is 2.46. The molecule has 20 heavy (non-hydrogen) atoms. The summed E-state index contributed by atoms with van der Waals surface area (Å²) in [6, 6.07) is 12.3. The van der Waals surface area contributed by atoms with Gasteiger partial charge in [0.1, 0.15) is 5.75 Å². The van der Waals surface area contributed by atoms with Crippen molar-refractivity contribution in [3.05, 3.63) is 53.1 Å². The molecule has 1 N–H and O–H groups in total. The fourth-order valence-corrected chi connectivity index (χ4v) is 2.20. The molecule has 2 aromatic carbocycles. The number of carboxylic acids is 1. The van der Waals surface area contributed by atoms with Gasteiger partial charge in [0, 0.05) is 0 Å². The third-order valence-corrected chi connectivity index (χ3v) is 3.49. The number of hydrogen-bond acceptors (Lipinski definition) is 2. The summed E-state index contributed by atoms with van der Waals surface area (Å²) in [5.74, 6) is -0.251. The van der Waals surface area contributed by atoms with Crippen LogP contribution in [0, 0.1) is 0 Å². The summed E-state index contributed by atoms with van der Waals surface area (Å²) in [5, 5.41) is 9.57. The van der Waals surface area contributed by atoms with Crippen molar-refractivity contribution in [2.24, 2.45) is 0 Å². The minimum atomic E-state index is -0.938.